The lowest BCUT2D eigenvalue weighted by Crippen LogP contribution is -2.30. The first-order valence-corrected chi connectivity index (χ1v) is 29.5. The third-order valence-corrected chi connectivity index (χ3v) is 12.7. The molecule has 0 bridgehead atoms. The molecule has 1 atom stereocenters. The molecular weight excluding hydrogens is 853 g/mol. The van der Waals surface area contributed by atoms with Crippen LogP contribution in [0.1, 0.15) is 290 Å². The second-order valence-electron chi connectivity index (χ2n) is 19.6. The van der Waals surface area contributed by atoms with Crippen molar-refractivity contribution in [2.75, 3.05) is 13.2 Å². The minimum Gasteiger partial charge on any atom is -0.462 e. The number of carbonyl (C=O) groups excluding carboxylic acids is 3. The SMILES string of the molecule is CC/C=C\C/C=C\C/C=C\C/C=C\CCCCCCCCC(=O)OCC(COC(=O)CCCCCCCCCCCCCCC)OC(=O)CCCCCCCCCCCC/C=C\C=C/CCCCC. The van der Waals surface area contributed by atoms with E-state index in [1.54, 1.807) is 0 Å². The molecule has 69 heavy (non-hydrogen) atoms. The van der Waals surface area contributed by atoms with Gasteiger partial charge in [0.05, 0.1) is 0 Å². The molecule has 398 valence electrons. The van der Waals surface area contributed by atoms with Crippen molar-refractivity contribution in [2.45, 2.75) is 297 Å². The monoisotopic (exact) mass is 963 g/mol. The van der Waals surface area contributed by atoms with Crippen LogP contribution in [0, 0.1) is 0 Å². The Bertz CT molecular complexity index is 1290. The minimum absolute atomic E-state index is 0.0789. The Balaban J connectivity index is 4.38. The van der Waals surface area contributed by atoms with Crippen LogP contribution in [0.15, 0.2) is 72.9 Å². The van der Waals surface area contributed by atoms with Crippen LogP contribution in [0.4, 0.5) is 0 Å². The fraction of sp³-hybridized carbons (Fsp3) is 0.762. The molecule has 1 unspecified atom stereocenters. The Hall–Kier alpha value is -3.15. The molecule has 0 fully saturated rings. The van der Waals surface area contributed by atoms with Crippen molar-refractivity contribution in [1.82, 2.24) is 0 Å². The highest BCUT2D eigenvalue weighted by molar-refractivity contribution is 5.71. The predicted molar refractivity (Wildman–Crippen MR) is 298 cm³/mol. The molecule has 0 aliphatic heterocycles. The molecule has 0 N–H and O–H groups in total. The Kier molecular flexibility index (Phi) is 54.8. The second-order valence-corrected chi connectivity index (χ2v) is 19.6. The highest BCUT2D eigenvalue weighted by atomic mass is 16.6. The number of unbranched alkanes of at least 4 members (excludes halogenated alkanes) is 31. The van der Waals surface area contributed by atoms with Crippen molar-refractivity contribution in [2.24, 2.45) is 0 Å². The average Bonchev–Trinajstić information content (AvgIpc) is 3.35. The van der Waals surface area contributed by atoms with Crippen molar-refractivity contribution in [3.8, 4) is 0 Å². The molecule has 0 spiro atoms. The second kappa shape index (κ2) is 57.4. The van der Waals surface area contributed by atoms with E-state index in [2.05, 4.69) is 93.7 Å². The van der Waals surface area contributed by atoms with Crippen LogP contribution in [-0.4, -0.2) is 37.2 Å². The van der Waals surface area contributed by atoms with E-state index in [-0.39, 0.29) is 31.1 Å². The Morgan fingerprint density at radius 1 is 0.319 bits per heavy atom. The van der Waals surface area contributed by atoms with Gasteiger partial charge in [0.15, 0.2) is 6.10 Å². The van der Waals surface area contributed by atoms with Crippen molar-refractivity contribution in [3.63, 3.8) is 0 Å². The Labute approximate surface area is 427 Å². The molecule has 6 nitrogen and oxygen atoms in total. The van der Waals surface area contributed by atoms with Crippen molar-refractivity contribution < 1.29 is 28.6 Å². The van der Waals surface area contributed by atoms with E-state index in [1.165, 1.54) is 161 Å². The highest BCUT2D eigenvalue weighted by Gasteiger charge is 2.19. The summed E-state index contributed by atoms with van der Waals surface area (Å²) in [4.78, 5) is 38.2. The van der Waals surface area contributed by atoms with Crippen LogP contribution < -0.4 is 0 Å². The minimum atomic E-state index is -0.782. The summed E-state index contributed by atoms with van der Waals surface area (Å²) in [6.45, 7) is 6.51. The molecule has 0 radical (unpaired) electrons. The predicted octanol–water partition coefficient (Wildman–Crippen LogP) is 19.8. The molecular formula is C63H110O6. The summed E-state index contributed by atoms with van der Waals surface area (Å²) in [5.74, 6) is -0.886. The summed E-state index contributed by atoms with van der Waals surface area (Å²) >= 11 is 0. The van der Waals surface area contributed by atoms with Crippen LogP contribution in [0.3, 0.4) is 0 Å². The van der Waals surface area contributed by atoms with Gasteiger partial charge in [-0.15, -0.1) is 0 Å². The van der Waals surface area contributed by atoms with Gasteiger partial charge in [0.2, 0.25) is 0 Å². The van der Waals surface area contributed by atoms with E-state index in [1.807, 2.05) is 0 Å². The standard InChI is InChI=1S/C63H110O6/c1-4-7-10-13-16-19-22-25-27-29-31-33-35-38-41-44-47-50-53-56-62(65)68-59-60(58-67-61(64)55-52-49-46-43-40-37-24-21-18-15-12-9-6-3)69-63(66)57-54-51-48-45-42-39-36-34-32-30-28-26-23-20-17-14-11-8-5-2/h7,10,16-17,19-20,23,25-27,31,33,60H,4-6,8-9,11-15,18,21-22,24,28-30,32,34-59H2,1-3H3/b10-7-,19-16-,20-17-,26-23-,27-25-,33-31-. The van der Waals surface area contributed by atoms with Crippen LogP contribution >= 0.6 is 0 Å². The lowest BCUT2D eigenvalue weighted by Gasteiger charge is -2.18. The van der Waals surface area contributed by atoms with Crippen molar-refractivity contribution in [3.05, 3.63) is 72.9 Å². The number of carbonyl (C=O) groups is 3. The van der Waals surface area contributed by atoms with E-state index in [4.69, 9.17) is 14.2 Å². The van der Waals surface area contributed by atoms with Crippen LogP contribution in [-0.2, 0) is 28.6 Å². The zero-order valence-electron chi connectivity index (χ0n) is 45.6. The topological polar surface area (TPSA) is 78.9 Å². The number of allylic oxidation sites excluding steroid dienone is 12. The van der Waals surface area contributed by atoms with Crippen molar-refractivity contribution >= 4 is 17.9 Å². The number of rotatable bonds is 53. The van der Waals surface area contributed by atoms with Gasteiger partial charge in [0, 0.05) is 19.3 Å². The number of hydrogen-bond donors (Lipinski definition) is 0. The molecule has 0 aromatic heterocycles. The molecule has 0 aliphatic rings. The Morgan fingerprint density at radius 2 is 0.609 bits per heavy atom. The lowest BCUT2D eigenvalue weighted by atomic mass is 10.0. The third-order valence-electron chi connectivity index (χ3n) is 12.7. The summed E-state index contributed by atoms with van der Waals surface area (Å²) in [7, 11) is 0. The number of ether oxygens (including phenoxy) is 3. The third kappa shape index (κ3) is 55.6. The van der Waals surface area contributed by atoms with Gasteiger partial charge in [-0.25, -0.2) is 0 Å². The fourth-order valence-corrected chi connectivity index (χ4v) is 8.31. The average molecular weight is 964 g/mol. The van der Waals surface area contributed by atoms with Crippen LogP contribution in [0.5, 0.6) is 0 Å². The normalized spacial score (nSPS) is 12.6. The summed E-state index contributed by atoms with van der Waals surface area (Å²) in [6, 6.07) is 0. The van der Waals surface area contributed by atoms with Gasteiger partial charge in [0.1, 0.15) is 13.2 Å². The van der Waals surface area contributed by atoms with E-state index >= 15 is 0 Å². The maximum Gasteiger partial charge on any atom is 0.306 e. The van der Waals surface area contributed by atoms with E-state index in [0.717, 1.165) is 89.9 Å². The summed E-state index contributed by atoms with van der Waals surface area (Å²) in [5, 5.41) is 0. The fourth-order valence-electron chi connectivity index (χ4n) is 8.31. The first-order chi connectivity index (χ1) is 34.0. The Morgan fingerprint density at radius 3 is 1.00 bits per heavy atom. The number of hydrogen-bond acceptors (Lipinski definition) is 6. The van der Waals surface area contributed by atoms with E-state index < -0.39 is 6.10 Å². The molecule has 0 saturated heterocycles. The molecule has 0 amide bonds. The van der Waals surface area contributed by atoms with Crippen molar-refractivity contribution in [1.29, 1.82) is 0 Å². The largest absolute Gasteiger partial charge is 0.462 e. The van der Waals surface area contributed by atoms with Gasteiger partial charge in [-0.3, -0.25) is 14.4 Å². The first-order valence-electron chi connectivity index (χ1n) is 29.5. The first kappa shape index (κ1) is 65.8. The lowest BCUT2D eigenvalue weighted by molar-refractivity contribution is -0.167. The molecule has 0 heterocycles. The summed E-state index contributed by atoms with van der Waals surface area (Å²) in [5.41, 5.74) is 0. The molecule has 0 saturated carbocycles. The van der Waals surface area contributed by atoms with Gasteiger partial charge in [-0.2, -0.15) is 0 Å². The molecule has 0 rings (SSSR count). The zero-order chi connectivity index (χ0) is 50.0. The summed E-state index contributed by atoms with van der Waals surface area (Å²) < 4.78 is 16.9. The smallest absolute Gasteiger partial charge is 0.306 e. The van der Waals surface area contributed by atoms with Gasteiger partial charge in [0.25, 0.3) is 0 Å². The summed E-state index contributed by atoms with van der Waals surface area (Å²) in [6.07, 6.45) is 73.1. The molecule has 6 heteroatoms. The van der Waals surface area contributed by atoms with Gasteiger partial charge in [-0.1, -0.05) is 261 Å². The zero-order valence-corrected chi connectivity index (χ0v) is 45.6. The van der Waals surface area contributed by atoms with E-state index in [9.17, 15) is 14.4 Å². The van der Waals surface area contributed by atoms with Crippen LogP contribution in [0.2, 0.25) is 0 Å². The molecule has 0 aromatic rings. The number of esters is 3. The van der Waals surface area contributed by atoms with Gasteiger partial charge in [-0.05, 0) is 83.5 Å². The van der Waals surface area contributed by atoms with Crippen LogP contribution in [0.25, 0.3) is 0 Å². The van der Waals surface area contributed by atoms with Gasteiger partial charge >= 0.3 is 17.9 Å². The van der Waals surface area contributed by atoms with Gasteiger partial charge < -0.3 is 14.2 Å². The molecule has 0 aliphatic carbocycles. The molecule has 0 aromatic carbocycles. The maximum atomic E-state index is 12.9. The maximum absolute atomic E-state index is 12.9. The highest BCUT2D eigenvalue weighted by Crippen LogP contribution is 2.16. The quantitative estimate of drug-likeness (QED) is 0.0199. The van der Waals surface area contributed by atoms with E-state index in [0.29, 0.717) is 19.3 Å².